The summed E-state index contributed by atoms with van der Waals surface area (Å²) in [7, 11) is 0. The summed E-state index contributed by atoms with van der Waals surface area (Å²) in [4.78, 5) is 28.7. The lowest BCUT2D eigenvalue weighted by Crippen LogP contribution is -2.45. The number of hydrogen-bond acceptors (Lipinski definition) is 5. The number of esters is 1. The second-order valence-corrected chi connectivity index (χ2v) is 7.32. The van der Waals surface area contributed by atoms with Crippen LogP contribution in [0.5, 0.6) is 0 Å². The van der Waals surface area contributed by atoms with Gasteiger partial charge in [0.15, 0.2) is 5.69 Å². The van der Waals surface area contributed by atoms with Crippen LogP contribution in [0.2, 0.25) is 0 Å². The predicted octanol–water partition coefficient (Wildman–Crippen LogP) is 2.69. The van der Waals surface area contributed by atoms with E-state index < -0.39 is 35.9 Å². The molecule has 1 aromatic rings. The van der Waals surface area contributed by atoms with E-state index in [2.05, 4.69) is 4.85 Å². The van der Waals surface area contributed by atoms with Gasteiger partial charge in [0.25, 0.3) is 0 Å². The minimum absolute atomic E-state index is 0.0255. The van der Waals surface area contributed by atoms with Gasteiger partial charge in [0, 0.05) is 6.92 Å². The first-order chi connectivity index (χ1) is 12.1. The average Bonchev–Trinajstić information content (AvgIpc) is 2.83. The first-order valence-corrected chi connectivity index (χ1v) is 8.42. The van der Waals surface area contributed by atoms with Crippen molar-refractivity contribution in [3.05, 3.63) is 41.2 Å². The summed E-state index contributed by atoms with van der Waals surface area (Å²) in [6.45, 7) is 13.6. The van der Waals surface area contributed by atoms with E-state index in [1.165, 1.54) is 11.8 Å². The highest BCUT2D eigenvalue weighted by Gasteiger charge is 2.46. The van der Waals surface area contributed by atoms with Crippen molar-refractivity contribution in [3.8, 4) is 0 Å². The van der Waals surface area contributed by atoms with Crippen molar-refractivity contribution in [2.75, 3.05) is 6.54 Å². The van der Waals surface area contributed by atoms with Crippen LogP contribution in [0, 0.1) is 6.57 Å². The maximum absolute atomic E-state index is 12.6. The Bertz CT molecular complexity index is 702. The summed E-state index contributed by atoms with van der Waals surface area (Å²) < 4.78 is 10.7. The third kappa shape index (κ3) is 4.96. The van der Waals surface area contributed by atoms with E-state index in [0.717, 1.165) is 5.56 Å². The molecule has 1 heterocycles. The van der Waals surface area contributed by atoms with Crippen LogP contribution in [0.15, 0.2) is 24.3 Å². The highest BCUT2D eigenvalue weighted by Crippen LogP contribution is 2.27. The van der Waals surface area contributed by atoms with Crippen molar-refractivity contribution in [1.29, 1.82) is 0 Å². The minimum Gasteiger partial charge on any atom is -0.457 e. The number of nitrogens with zero attached hydrogens (tertiary/aromatic N) is 2. The molecule has 26 heavy (non-hydrogen) atoms. The first-order valence-electron chi connectivity index (χ1n) is 8.42. The van der Waals surface area contributed by atoms with Gasteiger partial charge in [-0.1, -0.05) is 24.3 Å². The average molecular weight is 360 g/mol. The van der Waals surface area contributed by atoms with Gasteiger partial charge in [-0.05, 0) is 32.8 Å². The number of β-amino-alcohol motifs (C(OH)–C–C–N with tert-alkyl or cyclic N) is 1. The number of amides is 1. The van der Waals surface area contributed by atoms with Crippen LogP contribution in [-0.2, 0) is 20.7 Å². The van der Waals surface area contributed by atoms with Crippen molar-refractivity contribution in [2.24, 2.45) is 0 Å². The normalized spacial score (nSPS) is 22.6. The van der Waals surface area contributed by atoms with E-state index in [1.54, 1.807) is 45.0 Å². The Kier molecular flexibility index (Phi) is 5.88. The van der Waals surface area contributed by atoms with Crippen LogP contribution in [-0.4, -0.2) is 52.5 Å². The fraction of sp³-hybridized carbons (Fsp3) is 0.526. The van der Waals surface area contributed by atoms with Crippen LogP contribution in [0.1, 0.15) is 33.3 Å². The Labute approximate surface area is 153 Å². The molecule has 1 aliphatic heterocycles. The standard InChI is InChI=1S/C19H24N2O5/c1-12(22)25-17-15(10-13-6-8-14(20-5)9-7-13)21(11-16(17)23)18(24)26-19(2,3)4/h6-9,15-17,23H,10-11H2,1-4H3/t15-,16+,17+/m1/s1. The molecule has 1 N–H and O–H groups in total. The van der Waals surface area contributed by atoms with Gasteiger partial charge in [-0.3, -0.25) is 9.69 Å². The lowest BCUT2D eigenvalue weighted by Gasteiger charge is -2.30. The number of carbonyl (C=O) groups is 2. The van der Waals surface area contributed by atoms with Gasteiger partial charge < -0.3 is 14.6 Å². The van der Waals surface area contributed by atoms with Gasteiger partial charge in [0.1, 0.15) is 17.8 Å². The smallest absolute Gasteiger partial charge is 0.410 e. The second-order valence-electron chi connectivity index (χ2n) is 7.32. The number of carbonyl (C=O) groups excluding carboxylic acids is 2. The Hall–Kier alpha value is -2.59. The molecular formula is C19H24N2O5. The van der Waals surface area contributed by atoms with Crippen molar-refractivity contribution in [3.63, 3.8) is 0 Å². The molecule has 7 nitrogen and oxygen atoms in total. The lowest BCUT2D eigenvalue weighted by molar-refractivity contribution is -0.151. The van der Waals surface area contributed by atoms with Crippen molar-refractivity contribution >= 4 is 17.7 Å². The molecular weight excluding hydrogens is 336 g/mol. The van der Waals surface area contributed by atoms with Gasteiger partial charge in [0.05, 0.1) is 19.2 Å². The summed E-state index contributed by atoms with van der Waals surface area (Å²) in [6.07, 6.45) is -2.01. The molecule has 1 aliphatic rings. The van der Waals surface area contributed by atoms with E-state index in [-0.39, 0.29) is 6.54 Å². The molecule has 0 aliphatic carbocycles. The third-order valence-electron chi connectivity index (χ3n) is 3.98. The summed E-state index contributed by atoms with van der Waals surface area (Å²) >= 11 is 0. The van der Waals surface area contributed by atoms with Gasteiger partial charge in [-0.25, -0.2) is 9.64 Å². The monoisotopic (exact) mass is 360 g/mol. The Balaban J connectivity index is 2.26. The summed E-state index contributed by atoms with van der Waals surface area (Å²) in [6, 6.07) is 6.40. The van der Waals surface area contributed by atoms with Crippen LogP contribution < -0.4 is 0 Å². The topological polar surface area (TPSA) is 80.4 Å². The molecule has 3 atom stereocenters. The number of rotatable bonds is 3. The molecule has 1 aromatic carbocycles. The molecule has 0 bridgehead atoms. The quantitative estimate of drug-likeness (QED) is 0.662. The van der Waals surface area contributed by atoms with Gasteiger partial charge >= 0.3 is 12.1 Å². The highest BCUT2D eigenvalue weighted by atomic mass is 16.6. The van der Waals surface area contributed by atoms with Gasteiger partial charge in [0.2, 0.25) is 0 Å². The van der Waals surface area contributed by atoms with Crippen LogP contribution in [0.4, 0.5) is 10.5 Å². The highest BCUT2D eigenvalue weighted by molar-refractivity contribution is 5.70. The predicted molar refractivity (Wildman–Crippen MR) is 94.7 cm³/mol. The van der Waals surface area contributed by atoms with E-state index in [1.807, 2.05) is 0 Å². The maximum Gasteiger partial charge on any atom is 0.410 e. The number of benzene rings is 1. The van der Waals surface area contributed by atoms with Crippen molar-refractivity contribution in [1.82, 2.24) is 4.90 Å². The van der Waals surface area contributed by atoms with Crippen LogP contribution in [0.3, 0.4) is 0 Å². The molecule has 140 valence electrons. The summed E-state index contributed by atoms with van der Waals surface area (Å²) in [5, 5.41) is 10.3. The van der Waals surface area contributed by atoms with E-state index in [4.69, 9.17) is 16.0 Å². The maximum atomic E-state index is 12.6. The molecule has 0 spiro atoms. The molecule has 0 radical (unpaired) electrons. The zero-order valence-corrected chi connectivity index (χ0v) is 15.4. The lowest BCUT2D eigenvalue weighted by atomic mass is 10.0. The van der Waals surface area contributed by atoms with Gasteiger partial charge in [-0.15, -0.1) is 0 Å². The van der Waals surface area contributed by atoms with Gasteiger partial charge in [-0.2, -0.15) is 0 Å². The second kappa shape index (κ2) is 7.75. The first kappa shape index (κ1) is 19.7. The summed E-state index contributed by atoms with van der Waals surface area (Å²) in [5.74, 6) is -0.520. The number of ether oxygens (including phenoxy) is 2. The Morgan fingerprint density at radius 2 is 1.92 bits per heavy atom. The molecule has 0 aromatic heterocycles. The summed E-state index contributed by atoms with van der Waals surface area (Å²) in [5.41, 5.74) is 0.701. The Morgan fingerprint density at radius 1 is 1.31 bits per heavy atom. The van der Waals surface area contributed by atoms with Crippen LogP contribution >= 0.6 is 0 Å². The van der Waals surface area contributed by atoms with E-state index in [9.17, 15) is 14.7 Å². The zero-order chi connectivity index (χ0) is 19.5. The molecule has 2 rings (SSSR count). The fourth-order valence-corrected chi connectivity index (χ4v) is 2.93. The molecule has 0 saturated carbocycles. The number of hydrogen-bond donors (Lipinski definition) is 1. The number of likely N-dealkylation sites (tertiary alicyclic amines) is 1. The molecule has 0 unspecified atom stereocenters. The molecule has 1 fully saturated rings. The fourth-order valence-electron chi connectivity index (χ4n) is 2.93. The van der Waals surface area contributed by atoms with E-state index >= 15 is 0 Å². The van der Waals surface area contributed by atoms with Crippen molar-refractivity contribution < 1.29 is 24.2 Å². The third-order valence-corrected chi connectivity index (χ3v) is 3.98. The number of aliphatic hydroxyl groups is 1. The van der Waals surface area contributed by atoms with Crippen molar-refractivity contribution in [2.45, 2.75) is 58.0 Å². The van der Waals surface area contributed by atoms with Crippen LogP contribution in [0.25, 0.3) is 4.85 Å². The number of aliphatic hydroxyl groups excluding tert-OH is 1. The zero-order valence-electron chi connectivity index (χ0n) is 15.4. The van der Waals surface area contributed by atoms with E-state index in [0.29, 0.717) is 12.1 Å². The Morgan fingerprint density at radius 3 is 2.42 bits per heavy atom. The SMILES string of the molecule is [C-]#[N+]c1ccc(C[C@@H]2[C@H](OC(C)=O)[C@@H](O)CN2C(=O)OC(C)(C)C)cc1. The molecule has 1 saturated heterocycles. The molecule has 7 heteroatoms. The largest absolute Gasteiger partial charge is 0.457 e. The molecule has 1 amide bonds. The minimum atomic E-state index is -0.987.